The van der Waals surface area contributed by atoms with Crippen LogP contribution in [0.3, 0.4) is 0 Å². The van der Waals surface area contributed by atoms with E-state index >= 15 is 0 Å². The van der Waals surface area contributed by atoms with E-state index in [1.165, 1.54) is 5.69 Å². The molecule has 232 valence electrons. The van der Waals surface area contributed by atoms with Crippen LogP contribution in [-0.2, 0) is 14.3 Å². The van der Waals surface area contributed by atoms with Gasteiger partial charge in [-0.25, -0.2) is 4.79 Å². The third-order valence-corrected chi connectivity index (χ3v) is 8.93. The van der Waals surface area contributed by atoms with Gasteiger partial charge in [0.2, 0.25) is 0 Å². The Morgan fingerprint density at radius 2 is 1.86 bits per heavy atom. The molecular formula is C33H50N4O5. The lowest BCUT2D eigenvalue weighted by atomic mass is 9.91. The standard InChI is InChI=1S/C33H50N4O5/c1-23-9-11-29(38)21-31(39)42-32(24(2)10-12-30(23)41-33(40)36-17-15-35(5)16-18-36)25(3)19-26-7-6-8-28(20-26)37-14-13-27(22-37)34-4/h6-8,10,12,19-20,23-24,27,29-30,32,34,38H,9,11,13-18,21-22H2,1-5H3/b12-10-,25-19+/t23-,24-,27+,29+,30-,32-/m0/s1. The molecule has 0 saturated carbocycles. The van der Waals surface area contributed by atoms with Crippen molar-refractivity contribution in [2.75, 3.05) is 58.3 Å². The van der Waals surface area contributed by atoms with Crippen LogP contribution in [0.15, 0.2) is 42.0 Å². The quantitative estimate of drug-likeness (QED) is 0.399. The number of aliphatic hydroxyl groups is 1. The minimum absolute atomic E-state index is 0.0131. The predicted octanol–water partition coefficient (Wildman–Crippen LogP) is 3.93. The maximum absolute atomic E-state index is 13.0. The fourth-order valence-corrected chi connectivity index (χ4v) is 6.02. The van der Waals surface area contributed by atoms with Crippen molar-refractivity contribution in [3.8, 4) is 0 Å². The van der Waals surface area contributed by atoms with Gasteiger partial charge in [0.1, 0.15) is 12.2 Å². The number of hydrogen-bond acceptors (Lipinski definition) is 8. The molecule has 1 amide bonds. The van der Waals surface area contributed by atoms with Gasteiger partial charge in [0.15, 0.2) is 0 Å². The Morgan fingerprint density at radius 1 is 1.10 bits per heavy atom. The lowest BCUT2D eigenvalue weighted by molar-refractivity contribution is -0.151. The van der Waals surface area contributed by atoms with Gasteiger partial charge in [0.05, 0.1) is 12.5 Å². The molecule has 4 rings (SSSR count). The van der Waals surface area contributed by atoms with Crippen molar-refractivity contribution < 1.29 is 24.2 Å². The second-order valence-corrected chi connectivity index (χ2v) is 12.4. The summed E-state index contributed by atoms with van der Waals surface area (Å²) < 4.78 is 12.0. The summed E-state index contributed by atoms with van der Waals surface area (Å²) in [6, 6.07) is 8.94. The van der Waals surface area contributed by atoms with Gasteiger partial charge in [-0.1, -0.05) is 38.1 Å². The fourth-order valence-electron chi connectivity index (χ4n) is 6.02. The summed E-state index contributed by atoms with van der Waals surface area (Å²) in [6.07, 6.45) is 6.06. The Hall–Kier alpha value is -2.88. The number of anilines is 1. The van der Waals surface area contributed by atoms with Crippen LogP contribution in [-0.4, -0.2) is 105 Å². The Bertz CT molecular complexity index is 1120. The minimum Gasteiger partial charge on any atom is -0.457 e. The number of hydrogen-bond donors (Lipinski definition) is 2. The molecule has 3 aliphatic rings. The zero-order valence-corrected chi connectivity index (χ0v) is 26.0. The highest BCUT2D eigenvalue weighted by atomic mass is 16.6. The smallest absolute Gasteiger partial charge is 0.410 e. The maximum atomic E-state index is 13.0. The Labute approximate surface area is 251 Å². The van der Waals surface area contributed by atoms with Crippen molar-refractivity contribution >= 4 is 23.8 Å². The molecule has 1 aromatic rings. The molecule has 1 aromatic carbocycles. The summed E-state index contributed by atoms with van der Waals surface area (Å²) in [7, 11) is 4.06. The van der Waals surface area contributed by atoms with Gasteiger partial charge in [0.25, 0.3) is 0 Å². The van der Waals surface area contributed by atoms with Crippen LogP contribution in [0.1, 0.15) is 52.0 Å². The molecule has 9 heteroatoms. The largest absolute Gasteiger partial charge is 0.457 e. The maximum Gasteiger partial charge on any atom is 0.410 e. The Morgan fingerprint density at radius 3 is 2.57 bits per heavy atom. The monoisotopic (exact) mass is 582 g/mol. The molecule has 2 saturated heterocycles. The second kappa shape index (κ2) is 15.0. The highest BCUT2D eigenvalue weighted by molar-refractivity contribution is 5.71. The lowest BCUT2D eigenvalue weighted by Crippen LogP contribution is -2.48. The number of carbonyl (C=O) groups excluding carboxylic acids is 2. The number of ether oxygens (including phenoxy) is 2. The second-order valence-electron chi connectivity index (χ2n) is 12.4. The van der Waals surface area contributed by atoms with E-state index in [1.54, 1.807) is 4.90 Å². The topological polar surface area (TPSA) is 94.6 Å². The first-order valence-electron chi connectivity index (χ1n) is 15.5. The van der Waals surface area contributed by atoms with Gasteiger partial charge < -0.3 is 34.6 Å². The van der Waals surface area contributed by atoms with E-state index in [1.807, 2.05) is 40.0 Å². The first-order valence-corrected chi connectivity index (χ1v) is 15.5. The number of nitrogens with zero attached hydrogens (tertiary/aromatic N) is 3. The van der Waals surface area contributed by atoms with Crippen LogP contribution in [0.25, 0.3) is 6.08 Å². The predicted molar refractivity (Wildman–Crippen MR) is 166 cm³/mol. The molecule has 9 nitrogen and oxygen atoms in total. The van der Waals surface area contributed by atoms with Gasteiger partial charge >= 0.3 is 12.1 Å². The molecule has 2 N–H and O–H groups in total. The van der Waals surface area contributed by atoms with Crippen molar-refractivity contribution in [3.05, 3.63) is 47.6 Å². The molecule has 6 atom stereocenters. The third-order valence-electron chi connectivity index (χ3n) is 8.93. The summed E-state index contributed by atoms with van der Waals surface area (Å²) in [4.78, 5) is 32.3. The van der Waals surface area contributed by atoms with Crippen LogP contribution < -0.4 is 10.2 Å². The molecule has 42 heavy (non-hydrogen) atoms. The van der Waals surface area contributed by atoms with Gasteiger partial charge in [-0.15, -0.1) is 0 Å². The average molecular weight is 583 g/mol. The van der Waals surface area contributed by atoms with E-state index in [0.717, 1.165) is 43.7 Å². The number of amides is 1. The van der Waals surface area contributed by atoms with E-state index in [0.29, 0.717) is 32.0 Å². The first kappa shape index (κ1) is 32.0. The van der Waals surface area contributed by atoms with E-state index in [4.69, 9.17) is 9.47 Å². The van der Waals surface area contributed by atoms with Crippen molar-refractivity contribution in [1.82, 2.24) is 15.1 Å². The van der Waals surface area contributed by atoms with Gasteiger partial charge in [-0.3, -0.25) is 4.79 Å². The fraction of sp³-hybridized carbons (Fsp3) is 0.636. The Kier molecular flexibility index (Phi) is 11.5. The molecular weight excluding hydrogens is 532 g/mol. The normalized spacial score (nSPS) is 31.2. The zero-order valence-electron chi connectivity index (χ0n) is 26.0. The van der Waals surface area contributed by atoms with Crippen LogP contribution in [0, 0.1) is 11.8 Å². The van der Waals surface area contributed by atoms with Crippen LogP contribution >= 0.6 is 0 Å². The molecule has 0 radical (unpaired) electrons. The number of likely N-dealkylation sites (N-methyl/N-ethyl adjacent to an activating group) is 2. The minimum atomic E-state index is -0.809. The Balaban J connectivity index is 1.53. The van der Waals surface area contributed by atoms with E-state index in [-0.39, 0.29) is 24.3 Å². The number of benzene rings is 1. The van der Waals surface area contributed by atoms with E-state index in [2.05, 4.69) is 52.5 Å². The van der Waals surface area contributed by atoms with Crippen LogP contribution in [0.4, 0.5) is 10.5 Å². The molecule has 3 heterocycles. The summed E-state index contributed by atoms with van der Waals surface area (Å²) >= 11 is 0. The molecule has 0 bridgehead atoms. The number of piperazine rings is 1. The number of aliphatic hydroxyl groups excluding tert-OH is 1. The van der Waals surface area contributed by atoms with Crippen molar-refractivity contribution in [1.29, 1.82) is 0 Å². The van der Waals surface area contributed by atoms with E-state index < -0.39 is 24.3 Å². The lowest BCUT2D eigenvalue weighted by Gasteiger charge is -2.33. The number of cyclic esters (lactones) is 1. The molecule has 0 aliphatic carbocycles. The molecule has 3 aliphatic heterocycles. The van der Waals surface area contributed by atoms with Gasteiger partial charge in [0, 0.05) is 56.9 Å². The summed E-state index contributed by atoms with van der Waals surface area (Å²) in [6.45, 7) is 11.0. The number of carbonyl (C=O) groups is 2. The number of rotatable bonds is 5. The summed E-state index contributed by atoms with van der Waals surface area (Å²) in [5.74, 6) is -0.589. The highest BCUT2D eigenvalue weighted by Crippen LogP contribution is 2.27. The van der Waals surface area contributed by atoms with Crippen molar-refractivity contribution in [2.45, 2.75) is 70.8 Å². The SMILES string of the molecule is CN[C@@H]1CCN(c2cccc(/C=C(\C)[C@H]3OC(=O)C[C@H](O)CC[C@H](C)[C@@H](OC(=O)N4CCN(C)CC4)/C=C\[C@@H]3C)c2)C1. The average Bonchev–Trinajstić information content (AvgIpc) is 3.46. The van der Waals surface area contributed by atoms with Crippen molar-refractivity contribution in [2.24, 2.45) is 11.8 Å². The zero-order chi connectivity index (χ0) is 30.2. The molecule has 0 aromatic heterocycles. The third kappa shape index (κ3) is 8.82. The van der Waals surface area contributed by atoms with Crippen molar-refractivity contribution in [3.63, 3.8) is 0 Å². The van der Waals surface area contributed by atoms with Crippen LogP contribution in [0.2, 0.25) is 0 Å². The summed E-state index contributed by atoms with van der Waals surface area (Å²) in [5.41, 5.74) is 3.14. The summed E-state index contributed by atoms with van der Waals surface area (Å²) in [5, 5.41) is 14.0. The van der Waals surface area contributed by atoms with Crippen LogP contribution in [0.5, 0.6) is 0 Å². The molecule has 2 fully saturated rings. The molecule has 0 spiro atoms. The van der Waals surface area contributed by atoms with Gasteiger partial charge in [-0.2, -0.15) is 0 Å². The number of esters is 1. The molecule has 0 unspecified atom stereocenters. The van der Waals surface area contributed by atoms with E-state index in [9.17, 15) is 14.7 Å². The highest BCUT2D eigenvalue weighted by Gasteiger charge is 2.29. The van der Waals surface area contributed by atoms with Gasteiger partial charge in [-0.05, 0) is 75.5 Å². The number of nitrogens with one attached hydrogen (secondary N) is 1. The first-order chi connectivity index (χ1) is 20.1.